The lowest BCUT2D eigenvalue weighted by Gasteiger charge is -2.08. The van der Waals surface area contributed by atoms with Gasteiger partial charge < -0.3 is 10.1 Å². The van der Waals surface area contributed by atoms with E-state index in [0.29, 0.717) is 0 Å². The number of rotatable bonds is 4. The number of hydrogen-bond acceptors (Lipinski definition) is 4. The third kappa shape index (κ3) is 4.61. The van der Waals surface area contributed by atoms with Gasteiger partial charge in [0.15, 0.2) is 6.61 Å². The van der Waals surface area contributed by atoms with Crippen molar-refractivity contribution in [2.45, 2.75) is 18.9 Å². The van der Waals surface area contributed by atoms with Crippen LogP contribution in [0.3, 0.4) is 0 Å². The first-order valence-electron chi connectivity index (χ1n) is 6.19. The molecule has 6 nitrogen and oxygen atoms in total. The molecule has 2 rings (SSSR count). The second-order valence-electron chi connectivity index (χ2n) is 4.47. The van der Waals surface area contributed by atoms with Crippen LogP contribution < -0.4 is 10.6 Å². The van der Waals surface area contributed by atoms with Gasteiger partial charge in [-0.15, -0.1) is 0 Å². The van der Waals surface area contributed by atoms with Gasteiger partial charge in [0.2, 0.25) is 0 Å². The van der Waals surface area contributed by atoms with Crippen molar-refractivity contribution in [1.82, 2.24) is 10.6 Å². The summed E-state index contributed by atoms with van der Waals surface area (Å²) in [6, 6.07) is 4.06. The summed E-state index contributed by atoms with van der Waals surface area (Å²) in [4.78, 5) is 34.5. The molecule has 1 aliphatic rings. The van der Waals surface area contributed by atoms with Crippen molar-refractivity contribution in [2.75, 3.05) is 6.61 Å². The Hall–Kier alpha value is -1.79. The predicted molar refractivity (Wildman–Crippen MR) is 76.4 cm³/mol. The SMILES string of the molecule is O=C(COC(=O)c1c(Cl)cccc1Cl)NC(=O)NC1CC1. The van der Waals surface area contributed by atoms with E-state index in [1.54, 1.807) is 6.07 Å². The van der Waals surface area contributed by atoms with Crippen molar-refractivity contribution in [2.24, 2.45) is 0 Å². The van der Waals surface area contributed by atoms with E-state index in [-0.39, 0.29) is 21.7 Å². The van der Waals surface area contributed by atoms with E-state index in [9.17, 15) is 14.4 Å². The van der Waals surface area contributed by atoms with Gasteiger partial charge in [0.25, 0.3) is 5.91 Å². The molecule has 8 heteroatoms. The van der Waals surface area contributed by atoms with Crippen LogP contribution in [-0.2, 0) is 9.53 Å². The largest absolute Gasteiger partial charge is 0.452 e. The van der Waals surface area contributed by atoms with Crippen molar-refractivity contribution in [3.8, 4) is 0 Å². The molecule has 0 unspecified atom stereocenters. The highest BCUT2D eigenvalue weighted by Crippen LogP contribution is 2.24. The van der Waals surface area contributed by atoms with Gasteiger partial charge in [-0.2, -0.15) is 0 Å². The number of carbonyl (C=O) groups is 3. The number of urea groups is 1. The highest BCUT2D eigenvalue weighted by molar-refractivity contribution is 6.39. The molecule has 21 heavy (non-hydrogen) atoms. The van der Waals surface area contributed by atoms with Gasteiger partial charge in [0.05, 0.1) is 15.6 Å². The monoisotopic (exact) mass is 330 g/mol. The maximum atomic E-state index is 11.8. The maximum Gasteiger partial charge on any atom is 0.341 e. The Kier molecular flexibility index (Phi) is 5.03. The van der Waals surface area contributed by atoms with Gasteiger partial charge in [-0.3, -0.25) is 10.1 Å². The van der Waals surface area contributed by atoms with Gasteiger partial charge in [-0.25, -0.2) is 9.59 Å². The van der Waals surface area contributed by atoms with E-state index in [1.807, 2.05) is 0 Å². The first-order valence-corrected chi connectivity index (χ1v) is 6.94. The minimum absolute atomic E-state index is 0.0175. The molecular formula is C13H12Cl2N2O4. The average molecular weight is 331 g/mol. The predicted octanol–water partition coefficient (Wildman–Crippen LogP) is 2.14. The van der Waals surface area contributed by atoms with Gasteiger partial charge in [-0.05, 0) is 25.0 Å². The third-order valence-corrected chi connectivity index (χ3v) is 3.30. The standard InChI is InChI=1S/C13H12Cl2N2O4/c14-8-2-1-3-9(15)11(8)12(19)21-6-10(18)17-13(20)16-7-4-5-7/h1-3,7H,4-6H2,(H2,16,17,18,20). The molecule has 3 amide bonds. The molecule has 1 aromatic rings. The van der Waals surface area contributed by atoms with Gasteiger partial charge in [0, 0.05) is 6.04 Å². The van der Waals surface area contributed by atoms with Crippen LogP contribution in [0.2, 0.25) is 10.0 Å². The minimum Gasteiger partial charge on any atom is -0.452 e. The summed E-state index contributed by atoms with van der Waals surface area (Å²) in [5, 5.41) is 4.87. The molecule has 2 N–H and O–H groups in total. The van der Waals surface area contributed by atoms with Crippen LogP contribution in [0, 0.1) is 0 Å². The lowest BCUT2D eigenvalue weighted by molar-refractivity contribution is -0.123. The summed E-state index contributed by atoms with van der Waals surface area (Å²) in [6.07, 6.45) is 1.81. The molecule has 1 aliphatic carbocycles. The van der Waals surface area contributed by atoms with Crippen LogP contribution in [0.15, 0.2) is 18.2 Å². The molecule has 0 saturated heterocycles. The molecule has 0 spiro atoms. The summed E-state index contributed by atoms with van der Waals surface area (Å²) in [7, 11) is 0. The topological polar surface area (TPSA) is 84.5 Å². The Morgan fingerprint density at radius 3 is 2.38 bits per heavy atom. The molecule has 0 radical (unpaired) electrons. The van der Waals surface area contributed by atoms with Gasteiger partial charge >= 0.3 is 12.0 Å². The molecule has 1 aromatic carbocycles. The van der Waals surface area contributed by atoms with Crippen LogP contribution in [0.5, 0.6) is 0 Å². The van der Waals surface area contributed by atoms with E-state index in [0.717, 1.165) is 12.8 Å². The lowest BCUT2D eigenvalue weighted by Crippen LogP contribution is -2.42. The Bertz CT molecular complexity index is 567. The minimum atomic E-state index is -0.830. The Labute approximate surface area is 130 Å². The first-order chi connectivity index (χ1) is 9.97. The van der Waals surface area contributed by atoms with Crippen LogP contribution in [-0.4, -0.2) is 30.6 Å². The lowest BCUT2D eigenvalue weighted by atomic mass is 10.2. The number of benzene rings is 1. The number of imide groups is 1. The summed E-state index contributed by atoms with van der Waals surface area (Å²) in [5.41, 5.74) is -0.0175. The van der Waals surface area contributed by atoms with Gasteiger partial charge in [-0.1, -0.05) is 29.3 Å². The number of carbonyl (C=O) groups excluding carboxylic acids is 3. The van der Waals surface area contributed by atoms with Crippen molar-refractivity contribution in [3.05, 3.63) is 33.8 Å². The Morgan fingerprint density at radius 1 is 1.19 bits per heavy atom. The van der Waals surface area contributed by atoms with Crippen molar-refractivity contribution >= 4 is 41.1 Å². The van der Waals surface area contributed by atoms with Crippen LogP contribution >= 0.6 is 23.2 Å². The number of ether oxygens (including phenoxy) is 1. The normalized spacial score (nSPS) is 13.4. The maximum absolute atomic E-state index is 11.8. The number of amides is 3. The van der Waals surface area contributed by atoms with E-state index < -0.39 is 24.5 Å². The number of hydrogen-bond donors (Lipinski definition) is 2. The first kappa shape index (κ1) is 15.6. The van der Waals surface area contributed by atoms with E-state index in [4.69, 9.17) is 27.9 Å². The summed E-state index contributed by atoms with van der Waals surface area (Å²) < 4.78 is 4.77. The molecule has 0 bridgehead atoms. The highest BCUT2D eigenvalue weighted by Gasteiger charge is 2.24. The molecule has 1 fully saturated rings. The Morgan fingerprint density at radius 2 is 1.81 bits per heavy atom. The quantitative estimate of drug-likeness (QED) is 0.828. The van der Waals surface area contributed by atoms with Crippen molar-refractivity contribution < 1.29 is 19.1 Å². The van der Waals surface area contributed by atoms with E-state index >= 15 is 0 Å². The fraction of sp³-hybridized carbons (Fsp3) is 0.308. The molecule has 0 aromatic heterocycles. The average Bonchev–Trinajstić information content (AvgIpc) is 3.19. The second kappa shape index (κ2) is 6.78. The third-order valence-electron chi connectivity index (χ3n) is 2.67. The van der Waals surface area contributed by atoms with E-state index in [2.05, 4.69) is 10.6 Å². The summed E-state index contributed by atoms with van der Waals surface area (Å²) >= 11 is 11.7. The molecule has 1 saturated carbocycles. The zero-order valence-electron chi connectivity index (χ0n) is 10.8. The van der Waals surface area contributed by atoms with Crippen LogP contribution in [0.4, 0.5) is 4.79 Å². The Balaban J connectivity index is 1.82. The number of halogens is 2. The van der Waals surface area contributed by atoms with E-state index in [1.165, 1.54) is 12.1 Å². The molecular weight excluding hydrogens is 319 g/mol. The van der Waals surface area contributed by atoms with Crippen molar-refractivity contribution in [1.29, 1.82) is 0 Å². The van der Waals surface area contributed by atoms with Gasteiger partial charge in [0.1, 0.15) is 0 Å². The van der Waals surface area contributed by atoms with Crippen LogP contribution in [0.25, 0.3) is 0 Å². The molecule has 0 atom stereocenters. The second-order valence-corrected chi connectivity index (χ2v) is 5.28. The fourth-order valence-electron chi connectivity index (χ4n) is 1.51. The van der Waals surface area contributed by atoms with Crippen LogP contribution in [0.1, 0.15) is 23.2 Å². The molecule has 112 valence electrons. The van der Waals surface area contributed by atoms with Crippen molar-refractivity contribution in [3.63, 3.8) is 0 Å². The summed E-state index contributed by atoms with van der Waals surface area (Å²) in [5.74, 6) is -1.56. The molecule has 0 heterocycles. The highest BCUT2D eigenvalue weighted by atomic mass is 35.5. The zero-order valence-corrected chi connectivity index (χ0v) is 12.3. The summed E-state index contributed by atoms with van der Waals surface area (Å²) in [6.45, 7) is -0.599. The number of esters is 1. The fourth-order valence-corrected chi connectivity index (χ4v) is 2.06. The smallest absolute Gasteiger partial charge is 0.341 e. The zero-order chi connectivity index (χ0) is 15.4. The number of nitrogens with one attached hydrogen (secondary N) is 2. The molecule has 0 aliphatic heterocycles.